The maximum Gasteiger partial charge on any atom is 0.435 e. The van der Waals surface area contributed by atoms with E-state index in [1.54, 1.807) is 20.8 Å². The molecule has 1 aromatic heterocycles. The van der Waals surface area contributed by atoms with Crippen LogP contribution in [0.15, 0.2) is 22.8 Å². The van der Waals surface area contributed by atoms with Gasteiger partial charge in [0.15, 0.2) is 0 Å². The number of carbonyl (C=O) groups excluding carboxylic acids is 1. The van der Waals surface area contributed by atoms with Gasteiger partial charge in [-0.15, -0.1) is 0 Å². The third-order valence-corrected chi connectivity index (χ3v) is 3.03. The average molecular weight is 341 g/mol. The zero-order valence-electron chi connectivity index (χ0n) is 11.2. The quantitative estimate of drug-likeness (QED) is 0.861. The number of ether oxygens (including phenoxy) is 1. The highest BCUT2D eigenvalue weighted by molar-refractivity contribution is 9.10. The molecule has 0 aliphatic carbocycles. The average Bonchev–Trinajstić information content (AvgIpc) is 2.70. The number of fused-ring (bicyclic) bond motifs is 1. The van der Waals surface area contributed by atoms with Crippen LogP contribution in [0.4, 0.5) is 4.79 Å². The first kappa shape index (κ1) is 14.5. The summed E-state index contributed by atoms with van der Waals surface area (Å²) in [5, 5.41) is 13.5. The molecule has 0 aliphatic rings. The molecule has 20 heavy (non-hydrogen) atoms. The molecule has 0 amide bonds. The van der Waals surface area contributed by atoms with Crippen LogP contribution in [-0.4, -0.2) is 32.6 Å². The van der Waals surface area contributed by atoms with Gasteiger partial charge in [0.1, 0.15) is 5.60 Å². The van der Waals surface area contributed by atoms with Crippen molar-refractivity contribution in [2.75, 3.05) is 0 Å². The molecule has 0 radical (unpaired) electrons. The molecule has 0 saturated carbocycles. The van der Waals surface area contributed by atoms with E-state index < -0.39 is 17.7 Å². The third kappa shape index (κ3) is 2.82. The van der Waals surface area contributed by atoms with Crippen LogP contribution in [0.2, 0.25) is 0 Å². The van der Waals surface area contributed by atoms with Crippen molar-refractivity contribution in [3.05, 3.63) is 28.4 Å². The van der Waals surface area contributed by atoms with Crippen molar-refractivity contribution >= 4 is 38.9 Å². The van der Waals surface area contributed by atoms with E-state index in [2.05, 4.69) is 21.0 Å². The summed E-state index contributed by atoms with van der Waals surface area (Å²) in [6, 6.07) is 2.88. The third-order valence-electron chi connectivity index (χ3n) is 2.43. The van der Waals surface area contributed by atoms with Crippen LogP contribution in [0, 0.1) is 0 Å². The fraction of sp³-hybridized carbons (Fsp3) is 0.308. The maximum atomic E-state index is 12.0. The van der Waals surface area contributed by atoms with Crippen LogP contribution in [0.25, 0.3) is 10.9 Å². The SMILES string of the molecule is CC(C)(C)OC(=O)n1ncc2cc(C(=O)O)cc(Br)c21. The van der Waals surface area contributed by atoms with Crippen molar-refractivity contribution in [1.82, 2.24) is 9.78 Å². The number of rotatable bonds is 1. The fourth-order valence-electron chi connectivity index (χ4n) is 1.69. The zero-order valence-corrected chi connectivity index (χ0v) is 12.8. The van der Waals surface area contributed by atoms with Crippen molar-refractivity contribution in [2.24, 2.45) is 0 Å². The molecule has 106 valence electrons. The van der Waals surface area contributed by atoms with Gasteiger partial charge in [-0.3, -0.25) is 0 Å². The largest absolute Gasteiger partial charge is 0.478 e. The summed E-state index contributed by atoms with van der Waals surface area (Å²) < 4.78 is 6.82. The summed E-state index contributed by atoms with van der Waals surface area (Å²) in [6.07, 6.45) is 0.812. The van der Waals surface area contributed by atoms with Crippen LogP contribution in [0.3, 0.4) is 0 Å². The van der Waals surface area contributed by atoms with Gasteiger partial charge in [-0.2, -0.15) is 9.78 Å². The maximum absolute atomic E-state index is 12.0. The molecule has 1 heterocycles. The minimum atomic E-state index is -1.04. The lowest BCUT2D eigenvalue weighted by Crippen LogP contribution is -2.27. The summed E-state index contributed by atoms with van der Waals surface area (Å²) in [5.74, 6) is -1.04. The highest BCUT2D eigenvalue weighted by atomic mass is 79.9. The van der Waals surface area contributed by atoms with Crippen molar-refractivity contribution in [1.29, 1.82) is 0 Å². The van der Waals surface area contributed by atoms with Gasteiger partial charge < -0.3 is 9.84 Å². The molecule has 0 saturated heterocycles. The fourth-order valence-corrected chi connectivity index (χ4v) is 2.33. The number of nitrogens with zero attached hydrogens (tertiary/aromatic N) is 2. The number of carboxylic acid groups (broad SMARTS) is 1. The van der Waals surface area contributed by atoms with Crippen molar-refractivity contribution in [3.63, 3.8) is 0 Å². The summed E-state index contributed by atoms with van der Waals surface area (Å²) in [7, 11) is 0. The Kier molecular flexibility index (Phi) is 3.56. The lowest BCUT2D eigenvalue weighted by molar-refractivity contribution is 0.0522. The molecule has 0 atom stereocenters. The van der Waals surface area contributed by atoms with E-state index in [-0.39, 0.29) is 5.56 Å². The topological polar surface area (TPSA) is 81.4 Å². The Labute approximate surface area is 123 Å². The molecule has 2 rings (SSSR count). The first-order valence-corrected chi connectivity index (χ1v) is 6.62. The second kappa shape index (κ2) is 4.90. The van der Waals surface area contributed by atoms with E-state index >= 15 is 0 Å². The highest BCUT2D eigenvalue weighted by Gasteiger charge is 2.21. The van der Waals surface area contributed by atoms with E-state index in [4.69, 9.17) is 9.84 Å². The van der Waals surface area contributed by atoms with Crippen molar-refractivity contribution in [3.8, 4) is 0 Å². The molecule has 0 aliphatic heterocycles. The molecule has 7 heteroatoms. The molecule has 1 N–H and O–H groups in total. The summed E-state index contributed by atoms with van der Waals surface area (Å²) in [6.45, 7) is 5.27. The predicted molar refractivity (Wildman–Crippen MR) is 76.0 cm³/mol. The number of hydrogen-bond donors (Lipinski definition) is 1. The van der Waals surface area contributed by atoms with Gasteiger partial charge in [0.05, 0.1) is 17.3 Å². The van der Waals surface area contributed by atoms with Gasteiger partial charge in [-0.1, -0.05) is 0 Å². The second-order valence-electron chi connectivity index (χ2n) is 5.24. The summed E-state index contributed by atoms with van der Waals surface area (Å²) in [4.78, 5) is 23.0. The van der Waals surface area contributed by atoms with Crippen LogP contribution >= 0.6 is 15.9 Å². The molecular weight excluding hydrogens is 328 g/mol. The molecule has 2 aromatic rings. The number of aromatic nitrogens is 2. The zero-order chi connectivity index (χ0) is 15.1. The predicted octanol–water partition coefficient (Wildman–Crippen LogP) is 3.28. The van der Waals surface area contributed by atoms with E-state index in [0.29, 0.717) is 15.4 Å². The summed E-state index contributed by atoms with van der Waals surface area (Å²) in [5.41, 5.74) is -0.0413. The number of carboxylic acids is 1. The Morgan fingerprint density at radius 3 is 2.55 bits per heavy atom. The van der Waals surface area contributed by atoms with Gasteiger partial charge in [-0.05, 0) is 48.8 Å². The minimum absolute atomic E-state index is 0.119. The van der Waals surface area contributed by atoms with Crippen molar-refractivity contribution in [2.45, 2.75) is 26.4 Å². The van der Waals surface area contributed by atoms with Crippen LogP contribution in [-0.2, 0) is 4.74 Å². The Balaban J connectivity index is 2.52. The molecule has 0 bridgehead atoms. The monoisotopic (exact) mass is 340 g/mol. The van der Waals surface area contributed by atoms with Crippen molar-refractivity contribution < 1.29 is 19.4 Å². The normalized spacial score (nSPS) is 11.6. The molecule has 6 nitrogen and oxygen atoms in total. The number of benzene rings is 1. The first-order valence-electron chi connectivity index (χ1n) is 5.83. The molecule has 0 spiro atoms. The number of aromatic carboxylic acids is 1. The second-order valence-corrected chi connectivity index (χ2v) is 6.09. The Bertz CT molecular complexity index is 700. The Morgan fingerprint density at radius 1 is 1.35 bits per heavy atom. The van der Waals surface area contributed by atoms with Crippen LogP contribution in [0.5, 0.6) is 0 Å². The molecule has 1 aromatic carbocycles. The van der Waals surface area contributed by atoms with Gasteiger partial charge in [0, 0.05) is 9.86 Å². The van der Waals surface area contributed by atoms with E-state index in [1.807, 2.05) is 0 Å². The standard InChI is InChI=1S/C13H13BrN2O4/c1-13(2,3)20-12(19)16-10-8(6-15-16)4-7(11(17)18)5-9(10)14/h4-6H,1-3H3,(H,17,18). The lowest BCUT2D eigenvalue weighted by atomic mass is 10.1. The van der Waals surface area contributed by atoms with E-state index in [1.165, 1.54) is 18.3 Å². The Hall–Kier alpha value is -1.89. The lowest BCUT2D eigenvalue weighted by Gasteiger charge is -2.19. The Morgan fingerprint density at radius 2 is 2.00 bits per heavy atom. The van der Waals surface area contributed by atoms with Gasteiger partial charge in [0.2, 0.25) is 0 Å². The van der Waals surface area contributed by atoms with Gasteiger partial charge >= 0.3 is 12.1 Å². The van der Waals surface area contributed by atoms with Gasteiger partial charge in [0.25, 0.3) is 0 Å². The number of carbonyl (C=O) groups is 2. The van der Waals surface area contributed by atoms with E-state index in [9.17, 15) is 9.59 Å². The van der Waals surface area contributed by atoms with Gasteiger partial charge in [-0.25, -0.2) is 9.59 Å². The number of hydrogen-bond acceptors (Lipinski definition) is 4. The molecule has 0 unspecified atom stereocenters. The highest BCUT2D eigenvalue weighted by Crippen LogP contribution is 2.26. The smallest absolute Gasteiger partial charge is 0.435 e. The van der Waals surface area contributed by atoms with Crippen LogP contribution in [0.1, 0.15) is 31.1 Å². The van der Waals surface area contributed by atoms with E-state index in [0.717, 1.165) is 4.68 Å². The van der Waals surface area contributed by atoms with Crippen LogP contribution < -0.4 is 0 Å². The molecular formula is C13H13BrN2O4. The minimum Gasteiger partial charge on any atom is -0.478 e. The summed E-state index contributed by atoms with van der Waals surface area (Å²) >= 11 is 3.26. The molecule has 0 fully saturated rings. The first-order chi connectivity index (χ1) is 9.19. The number of halogens is 1.